The van der Waals surface area contributed by atoms with Gasteiger partial charge in [0.1, 0.15) is 5.75 Å². The Morgan fingerprint density at radius 2 is 2.00 bits per heavy atom. The Morgan fingerprint density at radius 3 is 2.67 bits per heavy atom. The number of nitrogens with one attached hydrogen (secondary N) is 1. The first-order valence-electron chi connectivity index (χ1n) is 7.38. The van der Waals surface area contributed by atoms with Crippen LogP contribution in [-0.2, 0) is 9.59 Å². The highest BCUT2D eigenvalue weighted by molar-refractivity contribution is 5.95. The second kappa shape index (κ2) is 7.11. The summed E-state index contributed by atoms with van der Waals surface area (Å²) in [5.41, 5.74) is 0.640. The fraction of sp³-hybridized carbons (Fsp3) is 0.500. The number of amides is 1. The van der Waals surface area contributed by atoms with Crippen LogP contribution in [0.15, 0.2) is 24.3 Å². The Balaban J connectivity index is 2.05. The molecular weight excluding hydrogens is 270 g/mol. The Morgan fingerprint density at radius 1 is 1.29 bits per heavy atom. The van der Waals surface area contributed by atoms with Crippen molar-refractivity contribution in [2.45, 2.75) is 32.6 Å². The molecule has 1 aromatic rings. The van der Waals surface area contributed by atoms with Crippen molar-refractivity contribution < 1.29 is 19.4 Å². The summed E-state index contributed by atoms with van der Waals surface area (Å²) in [5, 5.41) is 12.1. The Kier molecular flexibility index (Phi) is 5.20. The largest absolute Gasteiger partial charge is 0.494 e. The van der Waals surface area contributed by atoms with Crippen LogP contribution in [-0.4, -0.2) is 23.6 Å². The van der Waals surface area contributed by atoms with E-state index in [0.29, 0.717) is 30.9 Å². The third-order valence-corrected chi connectivity index (χ3v) is 3.83. The van der Waals surface area contributed by atoms with Gasteiger partial charge in [0.2, 0.25) is 5.91 Å². The fourth-order valence-corrected chi connectivity index (χ4v) is 2.81. The average molecular weight is 291 g/mol. The molecule has 1 aromatic carbocycles. The first-order chi connectivity index (χ1) is 10.1. The summed E-state index contributed by atoms with van der Waals surface area (Å²) in [7, 11) is 0. The first-order valence-corrected chi connectivity index (χ1v) is 7.38. The van der Waals surface area contributed by atoms with Gasteiger partial charge in [-0.25, -0.2) is 0 Å². The number of carbonyl (C=O) groups is 2. The maximum absolute atomic E-state index is 12.3. The highest BCUT2D eigenvalue weighted by Gasteiger charge is 2.35. The molecule has 21 heavy (non-hydrogen) atoms. The number of aliphatic carboxylic acids is 1. The fourth-order valence-electron chi connectivity index (χ4n) is 2.81. The normalized spacial score (nSPS) is 21.6. The SMILES string of the molecule is CCOc1cccc(NC(=O)[C@H]2CCCC[C@H]2C(=O)O)c1. The molecule has 1 aliphatic rings. The van der Waals surface area contributed by atoms with Gasteiger partial charge >= 0.3 is 5.97 Å². The standard InChI is InChI=1S/C16H21NO4/c1-2-21-12-7-5-6-11(10-12)17-15(18)13-8-3-4-9-14(13)16(19)20/h5-7,10,13-14H,2-4,8-9H2,1H3,(H,17,18)(H,19,20)/t13-,14+/m0/s1. The molecule has 1 amide bonds. The summed E-state index contributed by atoms with van der Waals surface area (Å²) in [6, 6.07) is 7.15. The van der Waals surface area contributed by atoms with Gasteiger partial charge in [-0.2, -0.15) is 0 Å². The van der Waals surface area contributed by atoms with Gasteiger partial charge in [-0.3, -0.25) is 9.59 Å². The number of carbonyl (C=O) groups excluding carboxylic acids is 1. The Bertz CT molecular complexity index is 515. The Hall–Kier alpha value is -2.04. The van der Waals surface area contributed by atoms with Crippen molar-refractivity contribution in [2.24, 2.45) is 11.8 Å². The average Bonchev–Trinajstić information content (AvgIpc) is 2.48. The van der Waals surface area contributed by atoms with Crippen molar-refractivity contribution in [1.82, 2.24) is 0 Å². The molecule has 2 N–H and O–H groups in total. The number of ether oxygens (including phenoxy) is 1. The monoisotopic (exact) mass is 291 g/mol. The third-order valence-electron chi connectivity index (χ3n) is 3.83. The minimum Gasteiger partial charge on any atom is -0.494 e. The van der Waals surface area contributed by atoms with E-state index in [0.717, 1.165) is 12.8 Å². The van der Waals surface area contributed by atoms with Crippen LogP contribution in [0.2, 0.25) is 0 Å². The zero-order valence-corrected chi connectivity index (χ0v) is 12.2. The lowest BCUT2D eigenvalue weighted by molar-refractivity contribution is -0.147. The van der Waals surface area contributed by atoms with E-state index in [4.69, 9.17) is 4.74 Å². The maximum Gasteiger partial charge on any atom is 0.307 e. The van der Waals surface area contributed by atoms with Crippen LogP contribution in [0.1, 0.15) is 32.6 Å². The summed E-state index contributed by atoms with van der Waals surface area (Å²) in [4.78, 5) is 23.6. The van der Waals surface area contributed by atoms with Crippen molar-refractivity contribution in [3.05, 3.63) is 24.3 Å². The number of hydrogen-bond donors (Lipinski definition) is 2. The molecule has 0 radical (unpaired) electrons. The zero-order valence-electron chi connectivity index (χ0n) is 12.2. The molecule has 0 aliphatic heterocycles. The van der Waals surface area contributed by atoms with Crippen LogP contribution in [0, 0.1) is 11.8 Å². The third kappa shape index (κ3) is 3.97. The van der Waals surface area contributed by atoms with Gasteiger partial charge in [0.05, 0.1) is 18.4 Å². The second-order valence-corrected chi connectivity index (χ2v) is 5.29. The number of benzene rings is 1. The molecule has 5 heteroatoms. The highest BCUT2D eigenvalue weighted by atomic mass is 16.5. The number of anilines is 1. The minimum absolute atomic E-state index is 0.212. The molecule has 0 aromatic heterocycles. The number of rotatable bonds is 5. The molecule has 0 spiro atoms. The molecule has 0 unspecified atom stereocenters. The van der Waals surface area contributed by atoms with E-state index in [9.17, 15) is 14.7 Å². The molecular formula is C16H21NO4. The van der Waals surface area contributed by atoms with Gasteiger partial charge in [-0.15, -0.1) is 0 Å². The van der Waals surface area contributed by atoms with Crippen LogP contribution in [0.3, 0.4) is 0 Å². The second-order valence-electron chi connectivity index (χ2n) is 5.29. The van der Waals surface area contributed by atoms with E-state index in [1.807, 2.05) is 13.0 Å². The molecule has 1 saturated carbocycles. The van der Waals surface area contributed by atoms with E-state index < -0.39 is 17.8 Å². The van der Waals surface area contributed by atoms with Gasteiger partial charge in [-0.1, -0.05) is 18.9 Å². The quantitative estimate of drug-likeness (QED) is 0.874. The molecule has 0 saturated heterocycles. The van der Waals surface area contributed by atoms with Crippen LogP contribution < -0.4 is 10.1 Å². The Labute approximate surface area is 124 Å². The smallest absolute Gasteiger partial charge is 0.307 e. The van der Waals surface area contributed by atoms with Crippen molar-refractivity contribution in [3.8, 4) is 5.75 Å². The van der Waals surface area contributed by atoms with Gasteiger partial charge in [0, 0.05) is 11.8 Å². The van der Waals surface area contributed by atoms with Crippen molar-refractivity contribution >= 4 is 17.6 Å². The molecule has 1 fully saturated rings. The van der Waals surface area contributed by atoms with E-state index in [1.165, 1.54) is 0 Å². The van der Waals surface area contributed by atoms with Gasteiger partial charge in [0.15, 0.2) is 0 Å². The molecule has 2 atom stereocenters. The predicted molar refractivity (Wildman–Crippen MR) is 79.3 cm³/mol. The molecule has 0 heterocycles. The summed E-state index contributed by atoms with van der Waals surface area (Å²) >= 11 is 0. The van der Waals surface area contributed by atoms with E-state index in [1.54, 1.807) is 18.2 Å². The first kappa shape index (κ1) is 15.4. The summed E-state index contributed by atoms with van der Waals surface area (Å²) < 4.78 is 5.39. The lowest BCUT2D eigenvalue weighted by Gasteiger charge is -2.27. The van der Waals surface area contributed by atoms with Crippen LogP contribution in [0.25, 0.3) is 0 Å². The number of carboxylic acids is 1. The molecule has 0 bridgehead atoms. The van der Waals surface area contributed by atoms with E-state index in [-0.39, 0.29) is 5.91 Å². The van der Waals surface area contributed by atoms with Crippen LogP contribution >= 0.6 is 0 Å². The van der Waals surface area contributed by atoms with Crippen molar-refractivity contribution in [3.63, 3.8) is 0 Å². The highest BCUT2D eigenvalue weighted by Crippen LogP contribution is 2.31. The van der Waals surface area contributed by atoms with Gasteiger partial charge in [-0.05, 0) is 31.9 Å². The molecule has 5 nitrogen and oxygen atoms in total. The summed E-state index contributed by atoms with van der Waals surface area (Å²) in [6.45, 7) is 2.45. The predicted octanol–water partition coefficient (Wildman–Crippen LogP) is 2.91. The minimum atomic E-state index is -0.877. The number of carboxylic acid groups (broad SMARTS) is 1. The molecule has 114 valence electrons. The maximum atomic E-state index is 12.3. The van der Waals surface area contributed by atoms with Crippen LogP contribution in [0.4, 0.5) is 5.69 Å². The van der Waals surface area contributed by atoms with E-state index >= 15 is 0 Å². The van der Waals surface area contributed by atoms with Crippen molar-refractivity contribution in [2.75, 3.05) is 11.9 Å². The molecule has 2 rings (SSSR count). The molecule has 1 aliphatic carbocycles. The van der Waals surface area contributed by atoms with Crippen molar-refractivity contribution in [1.29, 1.82) is 0 Å². The summed E-state index contributed by atoms with van der Waals surface area (Å²) in [6.07, 6.45) is 2.99. The lowest BCUT2D eigenvalue weighted by atomic mass is 9.78. The van der Waals surface area contributed by atoms with Gasteiger partial charge in [0.25, 0.3) is 0 Å². The number of hydrogen-bond acceptors (Lipinski definition) is 3. The topological polar surface area (TPSA) is 75.6 Å². The zero-order chi connectivity index (χ0) is 15.2. The van der Waals surface area contributed by atoms with Gasteiger partial charge < -0.3 is 15.2 Å². The van der Waals surface area contributed by atoms with Crippen LogP contribution in [0.5, 0.6) is 5.75 Å². The summed E-state index contributed by atoms with van der Waals surface area (Å²) in [5.74, 6) is -1.43. The lowest BCUT2D eigenvalue weighted by Crippen LogP contribution is -2.36. The van der Waals surface area contributed by atoms with E-state index in [2.05, 4.69) is 5.32 Å².